The molecule has 2 rings (SSSR count). The number of allylic oxidation sites excluding steroid dienone is 1. The molecule has 1 N–H and O–H groups in total. The number of hydrogen-bond donors (Lipinski definition) is 1. The van der Waals surface area contributed by atoms with Crippen molar-refractivity contribution in [2.24, 2.45) is 0 Å². The lowest BCUT2D eigenvalue weighted by Crippen LogP contribution is -1.92. The molecule has 2 nitrogen and oxygen atoms in total. The average molecular weight is 288 g/mol. The molecule has 0 radical (unpaired) electrons. The van der Waals surface area contributed by atoms with Gasteiger partial charge in [0.05, 0.1) is 0 Å². The summed E-state index contributed by atoms with van der Waals surface area (Å²) >= 11 is 0. The largest absolute Gasteiger partial charge is 0.478 e. The smallest absolute Gasteiger partial charge is 0.328 e. The van der Waals surface area contributed by atoms with Gasteiger partial charge in [0.2, 0.25) is 0 Å². The third-order valence-electron chi connectivity index (χ3n) is 3.19. The van der Waals surface area contributed by atoms with Gasteiger partial charge < -0.3 is 5.11 Å². The van der Waals surface area contributed by atoms with Gasteiger partial charge in [-0.05, 0) is 40.8 Å². The number of carboxylic acid groups (broad SMARTS) is 1. The fourth-order valence-corrected chi connectivity index (χ4v) is 2.09. The zero-order valence-corrected chi connectivity index (χ0v) is 11.4. The molecule has 0 saturated carbocycles. The zero-order chi connectivity index (χ0) is 15.4. The van der Waals surface area contributed by atoms with Crippen molar-refractivity contribution in [3.8, 4) is 11.1 Å². The van der Waals surface area contributed by atoms with Gasteiger partial charge in [0.1, 0.15) is 0 Å². The van der Waals surface area contributed by atoms with Gasteiger partial charge in [0.15, 0.2) is 11.6 Å². The zero-order valence-electron chi connectivity index (χ0n) is 11.4. The summed E-state index contributed by atoms with van der Waals surface area (Å²) in [5, 5.41) is 8.81. The second-order valence-electron chi connectivity index (χ2n) is 4.57. The molecular weight excluding hydrogens is 274 g/mol. The molecule has 21 heavy (non-hydrogen) atoms. The first-order chi connectivity index (χ1) is 10.0. The predicted molar refractivity (Wildman–Crippen MR) is 77.7 cm³/mol. The van der Waals surface area contributed by atoms with Crippen molar-refractivity contribution in [2.45, 2.75) is 13.3 Å². The fraction of sp³-hybridized carbons (Fsp3) is 0.118. The first kappa shape index (κ1) is 14.9. The van der Waals surface area contributed by atoms with Gasteiger partial charge in [-0.25, -0.2) is 13.6 Å². The molecule has 2 aromatic carbocycles. The molecule has 0 heterocycles. The minimum Gasteiger partial charge on any atom is -0.478 e. The molecule has 108 valence electrons. The average Bonchev–Trinajstić information content (AvgIpc) is 2.47. The van der Waals surface area contributed by atoms with E-state index in [-0.39, 0.29) is 0 Å². The lowest BCUT2D eigenvalue weighted by molar-refractivity contribution is -0.131. The van der Waals surface area contributed by atoms with Crippen LogP contribution in [0.3, 0.4) is 0 Å². The number of aliphatic carboxylic acids is 1. The van der Waals surface area contributed by atoms with Crippen LogP contribution in [0.15, 0.2) is 48.5 Å². The highest BCUT2D eigenvalue weighted by Gasteiger charge is 2.06. The third kappa shape index (κ3) is 3.54. The van der Waals surface area contributed by atoms with E-state index in [9.17, 15) is 13.6 Å². The maximum absolute atomic E-state index is 13.2. The Balaban J connectivity index is 2.34. The Hall–Kier alpha value is -2.49. The standard InChI is InChI=1S/C17H14F2O2/c1-2-11(10-17(20)21)12-3-5-13(6-4-12)14-7-8-15(18)16(19)9-14/h3-10H,2H2,1H3,(H,20,21)/b11-10+. The Morgan fingerprint density at radius 2 is 1.67 bits per heavy atom. The summed E-state index contributed by atoms with van der Waals surface area (Å²) in [4.78, 5) is 10.7. The summed E-state index contributed by atoms with van der Waals surface area (Å²) in [7, 11) is 0. The van der Waals surface area contributed by atoms with Crippen LogP contribution in [0.5, 0.6) is 0 Å². The van der Waals surface area contributed by atoms with Crippen LogP contribution in [0.25, 0.3) is 16.7 Å². The van der Waals surface area contributed by atoms with E-state index in [0.29, 0.717) is 17.6 Å². The van der Waals surface area contributed by atoms with Crippen molar-refractivity contribution in [2.75, 3.05) is 0 Å². The summed E-state index contributed by atoms with van der Waals surface area (Å²) in [5.74, 6) is -2.76. The topological polar surface area (TPSA) is 37.3 Å². The van der Waals surface area contributed by atoms with Crippen LogP contribution in [0.4, 0.5) is 8.78 Å². The summed E-state index contributed by atoms with van der Waals surface area (Å²) in [6.45, 7) is 1.87. The van der Waals surface area contributed by atoms with Crippen LogP contribution in [0, 0.1) is 11.6 Å². The van der Waals surface area contributed by atoms with Crippen LogP contribution < -0.4 is 0 Å². The second kappa shape index (κ2) is 6.31. The summed E-state index contributed by atoms with van der Waals surface area (Å²) in [6.07, 6.45) is 1.77. The van der Waals surface area contributed by atoms with E-state index in [1.165, 1.54) is 12.1 Å². The number of rotatable bonds is 4. The maximum Gasteiger partial charge on any atom is 0.328 e. The van der Waals surface area contributed by atoms with Crippen molar-refractivity contribution in [3.63, 3.8) is 0 Å². The molecule has 0 bridgehead atoms. The minimum atomic E-state index is -0.989. The van der Waals surface area contributed by atoms with E-state index >= 15 is 0 Å². The van der Waals surface area contributed by atoms with E-state index in [2.05, 4.69) is 0 Å². The maximum atomic E-state index is 13.2. The Morgan fingerprint density at radius 1 is 1.05 bits per heavy atom. The molecule has 2 aromatic rings. The van der Waals surface area contributed by atoms with E-state index in [0.717, 1.165) is 23.3 Å². The predicted octanol–water partition coefficient (Wildman–Crippen LogP) is 4.51. The van der Waals surface area contributed by atoms with Gasteiger partial charge in [-0.15, -0.1) is 0 Å². The minimum absolute atomic E-state index is 0.570. The highest BCUT2D eigenvalue weighted by molar-refractivity contribution is 5.90. The van der Waals surface area contributed by atoms with Gasteiger partial charge in [0, 0.05) is 6.08 Å². The lowest BCUT2D eigenvalue weighted by atomic mass is 9.99. The SMILES string of the molecule is CC/C(=C\C(=O)O)c1ccc(-c2ccc(F)c(F)c2)cc1. The molecule has 0 aliphatic rings. The van der Waals surface area contributed by atoms with Gasteiger partial charge >= 0.3 is 5.97 Å². The van der Waals surface area contributed by atoms with E-state index in [4.69, 9.17) is 5.11 Å². The normalized spacial score (nSPS) is 11.5. The van der Waals surface area contributed by atoms with Gasteiger partial charge in [-0.1, -0.05) is 37.3 Å². The summed E-state index contributed by atoms with van der Waals surface area (Å²) in [6, 6.07) is 10.8. The van der Waals surface area contributed by atoms with Crippen LogP contribution in [-0.4, -0.2) is 11.1 Å². The molecule has 0 aromatic heterocycles. The second-order valence-corrected chi connectivity index (χ2v) is 4.57. The summed E-state index contributed by atoms with van der Waals surface area (Å²) in [5.41, 5.74) is 2.81. The Bertz CT molecular complexity index is 688. The first-order valence-corrected chi connectivity index (χ1v) is 6.50. The number of hydrogen-bond acceptors (Lipinski definition) is 1. The van der Waals surface area contributed by atoms with E-state index in [1.54, 1.807) is 24.3 Å². The van der Waals surface area contributed by atoms with Crippen molar-refractivity contribution in [1.29, 1.82) is 0 Å². The number of carboxylic acids is 1. The monoisotopic (exact) mass is 288 g/mol. The Kier molecular flexibility index (Phi) is 4.48. The number of carbonyl (C=O) groups is 1. The quantitative estimate of drug-likeness (QED) is 0.840. The molecule has 0 saturated heterocycles. The van der Waals surface area contributed by atoms with Crippen LogP contribution >= 0.6 is 0 Å². The van der Waals surface area contributed by atoms with Gasteiger partial charge in [-0.2, -0.15) is 0 Å². The molecule has 0 fully saturated rings. The molecule has 0 atom stereocenters. The van der Waals surface area contributed by atoms with Crippen molar-refractivity contribution in [3.05, 3.63) is 65.7 Å². The molecule has 0 aliphatic heterocycles. The Labute approximate surface area is 121 Å². The third-order valence-corrected chi connectivity index (χ3v) is 3.19. The molecule has 0 unspecified atom stereocenters. The number of benzene rings is 2. The van der Waals surface area contributed by atoms with Crippen molar-refractivity contribution in [1.82, 2.24) is 0 Å². The fourth-order valence-electron chi connectivity index (χ4n) is 2.09. The molecule has 0 amide bonds. The highest BCUT2D eigenvalue weighted by atomic mass is 19.2. The van der Waals surface area contributed by atoms with Gasteiger partial charge in [0.25, 0.3) is 0 Å². The summed E-state index contributed by atoms with van der Waals surface area (Å²) < 4.78 is 26.1. The van der Waals surface area contributed by atoms with E-state index < -0.39 is 17.6 Å². The molecule has 0 aliphatic carbocycles. The van der Waals surface area contributed by atoms with Gasteiger partial charge in [-0.3, -0.25) is 0 Å². The van der Waals surface area contributed by atoms with Crippen molar-refractivity contribution >= 4 is 11.5 Å². The van der Waals surface area contributed by atoms with Crippen LogP contribution in [-0.2, 0) is 4.79 Å². The molecule has 0 spiro atoms. The molecule has 4 heteroatoms. The van der Waals surface area contributed by atoms with Crippen LogP contribution in [0.1, 0.15) is 18.9 Å². The van der Waals surface area contributed by atoms with Crippen LogP contribution in [0.2, 0.25) is 0 Å². The first-order valence-electron chi connectivity index (χ1n) is 6.50. The highest BCUT2D eigenvalue weighted by Crippen LogP contribution is 2.25. The Morgan fingerprint density at radius 3 is 2.19 bits per heavy atom. The molecular formula is C17H14F2O2. The number of halogens is 2. The van der Waals surface area contributed by atoms with Crippen molar-refractivity contribution < 1.29 is 18.7 Å². The lowest BCUT2D eigenvalue weighted by Gasteiger charge is -2.07. The van der Waals surface area contributed by atoms with E-state index in [1.807, 2.05) is 6.92 Å².